The second kappa shape index (κ2) is 4.95. The summed E-state index contributed by atoms with van der Waals surface area (Å²) in [4.78, 5) is 2.13. The second-order valence-electron chi connectivity index (χ2n) is 6.51. The lowest BCUT2D eigenvalue weighted by Gasteiger charge is -2.24. The fourth-order valence-electron chi connectivity index (χ4n) is 2.41. The van der Waals surface area contributed by atoms with Crippen LogP contribution >= 0.6 is 0 Å². The van der Waals surface area contributed by atoms with Gasteiger partial charge in [0, 0.05) is 24.5 Å². The number of sulfone groups is 1. The first kappa shape index (κ1) is 15.2. The Labute approximate surface area is 121 Å². The minimum atomic E-state index is -3.08. The van der Waals surface area contributed by atoms with Gasteiger partial charge in [-0.1, -0.05) is 6.07 Å². The van der Waals surface area contributed by atoms with Crippen molar-refractivity contribution in [3.63, 3.8) is 0 Å². The summed E-state index contributed by atoms with van der Waals surface area (Å²) >= 11 is 0. The lowest BCUT2D eigenvalue weighted by Crippen LogP contribution is -2.36. The standard InChI is InChI=1S/C15H24N2O2S/c1-11-9-12-5-6-17(14(12)10-13(11)16)7-8-20(18,19)15(2,3)4/h9-10H,5-8,16H2,1-4H3. The van der Waals surface area contributed by atoms with Crippen LogP contribution in [0.1, 0.15) is 31.9 Å². The molecule has 2 N–H and O–H groups in total. The molecule has 0 amide bonds. The number of hydrogen-bond acceptors (Lipinski definition) is 4. The van der Waals surface area contributed by atoms with E-state index in [0.717, 1.165) is 29.9 Å². The van der Waals surface area contributed by atoms with Gasteiger partial charge in [0.25, 0.3) is 0 Å². The molecule has 0 radical (unpaired) electrons. The summed E-state index contributed by atoms with van der Waals surface area (Å²) in [5.74, 6) is 0.184. The molecule has 0 unspecified atom stereocenters. The van der Waals surface area contributed by atoms with Crippen LogP contribution in [0.15, 0.2) is 12.1 Å². The van der Waals surface area contributed by atoms with Gasteiger partial charge in [-0.3, -0.25) is 0 Å². The number of nitrogens with zero attached hydrogens (tertiary/aromatic N) is 1. The molecule has 0 aliphatic carbocycles. The highest BCUT2D eigenvalue weighted by atomic mass is 32.2. The highest BCUT2D eigenvalue weighted by Gasteiger charge is 2.30. The molecular formula is C15H24N2O2S. The molecule has 20 heavy (non-hydrogen) atoms. The maximum atomic E-state index is 12.2. The lowest BCUT2D eigenvalue weighted by atomic mass is 10.1. The summed E-state index contributed by atoms with van der Waals surface area (Å²) in [6.07, 6.45) is 0.964. The fourth-order valence-corrected chi connectivity index (χ4v) is 3.48. The molecule has 1 aliphatic rings. The number of anilines is 2. The van der Waals surface area contributed by atoms with Crippen molar-refractivity contribution in [1.29, 1.82) is 0 Å². The molecule has 0 saturated carbocycles. The number of fused-ring (bicyclic) bond motifs is 1. The molecule has 0 fully saturated rings. The van der Waals surface area contributed by atoms with Crippen LogP contribution in [0.2, 0.25) is 0 Å². The molecule has 0 spiro atoms. The normalized spacial score (nSPS) is 15.5. The van der Waals surface area contributed by atoms with Gasteiger partial charge >= 0.3 is 0 Å². The van der Waals surface area contributed by atoms with Crippen LogP contribution in [0.5, 0.6) is 0 Å². The minimum Gasteiger partial charge on any atom is -0.398 e. The molecule has 0 atom stereocenters. The number of nitrogen functional groups attached to an aromatic ring is 1. The summed E-state index contributed by atoms with van der Waals surface area (Å²) in [5, 5.41) is 0. The lowest BCUT2D eigenvalue weighted by molar-refractivity contribution is 0.559. The molecule has 1 aromatic rings. The molecule has 2 rings (SSSR count). The van der Waals surface area contributed by atoms with Crippen LogP contribution in [0.25, 0.3) is 0 Å². The van der Waals surface area contributed by atoms with E-state index in [1.807, 2.05) is 13.0 Å². The molecule has 112 valence electrons. The van der Waals surface area contributed by atoms with Gasteiger partial charge in [-0.15, -0.1) is 0 Å². The smallest absolute Gasteiger partial charge is 0.156 e. The average Bonchev–Trinajstić information content (AvgIpc) is 2.68. The van der Waals surface area contributed by atoms with E-state index in [0.29, 0.717) is 6.54 Å². The molecule has 0 aromatic heterocycles. The first-order valence-corrected chi connectivity index (χ1v) is 8.63. The third-order valence-corrected chi connectivity index (χ3v) is 6.61. The Kier molecular flexibility index (Phi) is 3.75. The van der Waals surface area contributed by atoms with Gasteiger partial charge in [0.05, 0.1) is 10.5 Å². The molecule has 4 nitrogen and oxygen atoms in total. The van der Waals surface area contributed by atoms with Crippen molar-refractivity contribution >= 4 is 21.2 Å². The van der Waals surface area contributed by atoms with Crippen LogP contribution in [0.4, 0.5) is 11.4 Å². The summed E-state index contributed by atoms with van der Waals surface area (Å²) in [7, 11) is -3.08. The maximum Gasteiger partial charge on any atom is 0.156 e. The molecule has 1 aliphatic heterocycles. The van der Waals surface area contributed by atoms with Gasteiger partial charge in [0.2, 0.25) is 0 Å². The van der Waals surface area contributed by atoms with Gasteiger partial charge < -0.3 is 10.6 Å². The van der Waals surface area contributed by atoms with Gasteiger partial charge in [-0.25, -0.2) is 8.42 Å². The largest absolute Gasteiger partial charge is 0.398 e. The number of rotatable bonds is 3. The van der Waals surface area contributed by atoms with E-state index in [-0.39, 0.29) is 5.75 Å². The maximum absolute atomic E-state index is 12.2. The predicted octanol–water partition coefficient (Wildman–Crippen LogP) is 2.15. The van der Waals surface area contributed by atoms with Crippen LogP contribution in [-0.2, 0) is 16.3 Å². The van der Waals surface area contributed by atoms with Crippen molar-refractivity contribution in [2.75, 3.05) is 29.5 Å². The topological polar surface area (TPSA) is 63.4 Å². The number of aryl methyl sites for hydroxylation is 1. The highest BCUT2D eigenvalue weighted by Crippen LogP contribution is 2.32. The van der Waals surface area contributed by atoms with E-state index < -0.39 is 14.6 Å². The van der Waals surface area contributed by atoms with Crippen LogP contribution in [0.3, 0.4) is 0 Å². The number of nitrogens with two attached hydrogens (primary N) is 1. The Balaban J connectivity index is 2.15. The minimum absolute atomic E-state index is 0.184. The summed E-state index contributed by atoms with van der Waals surface area (Å²) in [6, 6.07) is 4.09. The van der Waals surface area contributed by atoms with Crippen molar-refractivity contribution < 1.29 is 8.42 Å². The van der Waals surface area contributed by atoms with E-state index in [9.17, 15) is 8.42 Å². The van der Waals surface area contributed by atoms with Gasteiger partial charge in [0.15, 0.2) is 9.84 Å². The van der Waals surface area contributed by atoms with E-state index in [4.69, 9.17) is 5.73 Å². The van der Waals surface area contributed by atoms with E-state index in [1.54, 1.807) is 20.8 Å². The zero-order chi connectivity index (χ0) is 15.1. The number of benzene rings is 1. The molecule has 1 heterocycles. The van der Waals surface area contributed by atoms with Crippen molar-refractivity contribution in [3.8, 4) is 0 Å². The Hall–Kier alpha value is -1.23. The molecule has 0 bridgehead atoms. The zero-order valence-electron chi connectivity index (χ0n) is 12.7. The number of hydrogen-bond donors (Lipinski definition) is 1. The monoisotopic (exact) mass is 296 g/mol. The third kappa shape index (κ3) is 2.77. The van der Waals surface area contributed by atoms with E-state index in [1.165, 1.54) is 5.56 Å². The Morgan fingerprint density at radius 1 is 1.30 bits per heavy atom. The van der Waals surface area contributed by atoms with Crippen molar-refractivity contribution in [2.45, 2.75) is 38.9 Å². The van der Waals surface area contributed by atoms with E-state index in [2.05, 4.69) is 11.0 Å². The summed E-state index contributed by atoms with van der Waals surface area (Å²) in [5.41, 5.74) is 10.2. The van der Waals surface area contributed by atoms with Gasteiger partial charge in [-0.05, 0) is 51.3 Å². The summed E-state index contributed by atoms with van der Waals surface area (Å²) < 4.78 is 23.7. The fraction of sp³-hybridized carbons (Fsp3) is 0.600. The molecule has 1 aromatic carbocycles. The second-order valence-corrected chi connectivity index (χ2v) is 9.37. The van der Waals surface area contributed by atoms with Crippen molar-refractivity contribution in [1.82, 2.24) is 0 Å². The average molecular weight is 296 g/mol. The Morgan fingerprint density at radius 2 is 1.95 bits per heavy atom. The Morgan fingerprint density at radius 3 is 2.55 bits per heavy atom. The van der Waals surface area contributed by atoms with Crippen LogP contribution in [-0.4, -0.2) is 32.0 Å². The quantitative estimate of drug-likeness (QED) is 0.868. The molecular weight excluding hydrogens is 272 g/mol. The predicted molar refractivity (Wildman–Crippen MR) is 85.0 cm³/mol. The molecule has 5 heteroatoms. The Bertz CT molecular complexity index is 615. The highest BCUT2D eigenvalue weighted by molar-refractivity contribution is 7.92. The summed E-state index contributed by atoms with van der Waals surface area (Å²) in [6.45, 7) is 8.67. The first-order chi connectivity index (χ1) is 9.12. The molecule has 0 saturated heterocycles. The third-order valence-electron chi connectivity index (χ3n) is 4.02. The van der Waals surface area contributed by atoms with E-state index >= 15 is 0 Å². The SMILES string of the molecule is Cc1cc2c(cc1N)N(CCS(=O)(=O)C(C)(C)C)CC2. The van der Waals surface area contributed by atoms with Crippen LogP contribution < -0.4 is 10.6 Å². The van der Waals surface area contributed by atoms with Gasteiger partial charge in [0.1, 0.15) is 0 Å². The van der Waals surface area contributed by atoms with Crippen molar-refractivity contribution in [3.05, 3.63) is 23.3 Å². The van der Waals surface area contributed by atoms with Crippen LogP contribution in [0, 0.1) is 6.92 Å². The van der Waals surface area contributed by atoms with Gasteiger partial charge in [-0.2, -0.15) is 0 Å². The zero-order valence-corrected chi connectivity index (χ0v) is 13.5. The first-order valence-electron chi connectivity index (χ1n) is 6.98. The van der Waals surface area contributed by atoms with Crippen molar-refractivity contribution in [2.24, 2.45) is 0 Å².